The van der Waals surface area contributed by atoms with Crippen LogP contribution in [0.1, 0.15) is 5.69 Å². The summed E-state index contributed by atoms with van der Waals surface area (Å²) in [5.74, 6) is 0.527. The van der Waals surface area contributed by atoms with E-state index in [1.807, 2.05) is 18.2 Å². The Morgan fingerprint density at radius 3 is 2.71 bits per heavy atom. The molecule has 0 atom stereocenters. The van der Waals surface area contributed by atoms with Crippen molar-refractivity contribution in [3.8, 4) is 5.75 Å². The van der Waals surface area contributed by atoms with Crippen LogP contribution in [0.3, 0.4) is 0 Å². The topological polar surface area (TPSA) is 55.0 Å². The van der Waals surface area contributed by atoms with Crippen molar-refractivity contribution < 1.29 is 4.74 Å². The predicted molar refractivity (Wildman–Crippen MR) is 83.2 cm³/mol. The molecule has 3 aromatic rings. The van der Waals surface area contributed by atoms with Gasteiger partial charge in [0.1, 0.15) is 18.1 Å². The lowest BCUT2D eigenvalue weighted by atomic mass is 10.3. The van der Waals surface area contributed by atoms with Gasteiger partial charge in [0.2, 0.25) is 0 Å². The molecule has 6 heteroatoms. The second kappa shape index (κ2) is 5.76. The monoisotopic (exact) mass is 320 g/mol. The van der Waals surface area contributed by atoms with Crippen LogP contribution in [0.5, 0.6) is 5.75 Å². The molecule has 0 fully saturated rings. The van der Waals surface area contributed by atoms with Crippen LogP contribution in [0.2, 0.25) is 10.0 Å². The van der Waals surface area contributed by atoms with Crippen molar-refractivity contribution in [1.29, 1.82) is 0 Å². The van der Waals surface area contributed by atoms with Gasteiger partial charge in [0.25, 0.3) is 5.56 Å². The molecule has 0 bridgehead atoms. The summed E-state index contributed by atoms with van der Waals surface area (Å²) in [7, 11) is 0. The van der Waals surface area contributed by atoms with Crippen LogP contribution in [0, 0.1) is 0 Å². The first kappa shape index (κ1) is 13.9. The molecule has 0 amide bonds. The molecule has 1 heterocycles. The van der Waals surface area contributed by atoms with Gasteiger partial charge in [-0.3, -0.25) is 4.79 Å². The van der Waals surface area contributed by atoms with Gasteiger partial charge in [0.05, 0.1) is 21.1 Å². The summed E-state index contributed by atoms with van der Waals surface area (Å²) in [6.45, 7) is 0.0537. The summed E-state index contributed by atoms with van der Waals surface area (Å²) in [5, 5.41) is 0.847. The van der Waals surface area contributed by atoms with Gasteiger partial charge in [0.15, 0.2) is 0 Å². The molecule has 3 rings (SSSR count). The number of halogens is 2. The second-order valence-corrected chi connectivity index (χ2v) is 5.21. The highest BCUT2D eigenvalue weighted by molar-refractivity contribution is 6.42. The first-order valence-corrected chi connectivity index (χ1v) is 6.95. The molecule has 0 unspecified atom stereocenters. The third-order valence-corrected chi connectivity index (χ3v) is 3.68. The molecule has 0 aliphatic heterocycles. The maximum atomic E-state index is 11.9. The van der Waals surface area contributed by atoms with Crippen LogP contribution >= 0.6 is 23.2 Å². The first-order valence-electron chi connectivity index (χ1n) is 6.19. The molecule has 0 spiro atoms. The maximum absolute atomic E-state index is 11.9. The number of nitrogens with zero attached hydrogens (tertiary/aromatic N) is 1. The molecule has 0 aliphatic carbocycles. The van der Waals surface area contributed by atoms with E-state index in [4.69, 9.17) is 27.9 Å². The summed E-state index contributed by atoms with van der Waals surface area (Å²) in [6.07, 6.45) is 0. The number of rotatable bonds is 3. The molecule has 2 aromatic carbocycles. The van der Waals surface area contributed by atoms with Crippen LogP contribution in [0.25, 0.3) is 11.0 Å². The molecule has 0 saturated heterocycles. The normalized spacial score (nSPS) is 10.8. The number of para-hydroxylation sites is 2. The fourth-order valence-electron chi connectivity index (χ4n) is 1.88. The van der Waals surface area contributed by atoms with Crippen molar-refractivity contribution in [2.24, 2.45) is 0 Å². The Hall–Kier alpha value is -2.04. The maximum Gasteiger partial charge on any atom is 0.273 e. The first-order chi connectivity index (χ1) is 10.1. The number of aromatic nitrogens is 2. The molecule has 0 radical (unpaired) electrons. The van der Waals surface area contributed by atoms with E-state index < -0.39 is 0 Å². The quantitative estimate of drug-likeness (QED) is 0.798. The number of nitrogens with one attached hydrogen (secondary N) is 1. The zero-order chi connectivity index (χ0) is 14.8. The van der Waals surface area contributed by atoms with Gasteiger partial charge in [-0.25, -0.2) is 4.98 Å². The Balaban J connectivity index is 1.86. The summed E-state index contributed by atoms with van der Waals surface area (Å²) < 4.78 is 5.53. The largest absolute Gasteiger partial charge is 0.487 e. The number of hydrogen-bond donors (Lipinski definition) is 1. The summed E-state index contributed by atoms with van der Waals surface area (Å²) >= 11 is 11.7. The van der Waals surface area contributed by atoms with Crippen LogP contribution in [-0.2, 0) is 6.61 Å². The van der Waals surface area contributed by atoms with Crippen molar-refractivity contribution in [2.75, 3.05) is 0 Å². The van der Waals surface area contributed by atoms with Crippen LogP contribution in [-0.4, -0.2) is 9.97 Å². The zero-order valence-electron chi connectivity index (χ0n) is 10.8. The smallest absolute Gasteiger partial charge is 0.273 e. The van der Waals surface area contributed by atoms with Crippen molar-refractivity contribution in [1.82, 2.24) is 9.97 Å². The SMILES string of the molecule is O=c1[nH]c2ccccc2nc1COc1ccc(Cl)c(Cl)c1. The highest BCUT2D eigenvalue weighted by Gasteiger charge is 2.06. The number of H-pyrrole nitrogens is 1. The highest BCUT2D eigenvalue weighted by Crippen LogP contribution is 2.26. The van der Waals surface area contributed by atoms with E-state index in [9.17, 15) is 4.79 Å². The lowest BCUT2D eigenvalue weighted by Crippen LogP contribution is -2.17. The van der Waals surface area contributed by atoms with Gasteiger partial charge in [-0.2, -0.15) is 0 Å². The average molecular weight is 321 g/mol. The molecule has 1 aromatic heterocycles. The number of ether oxygens (including phenoxy) is 1. The van der Waals surface area contributed by atoms with E-state index in [1.165, 1.54) is 0 Å². The Kier molecular flexibility index (Phi) is 3.82. The van der Waals surface area contributed by atoms with Crippen molar-refractivity contribution in [2.45, 2.75) is 6.61 Å². The lowest BCUT2D eigenvalue weighted by Gasteiger charge is -2.07. The van der Waals surface area contributed by atoms with E-state index in [0.717, 1.165) is 0 Å². The third-order valence-electron chi connectivity index (χ3n) is 2.94. The minimum absolute atomic E-state index is 0.0537. The predicted octanol–water partition coefficient (Wildman–Crippen LogP) is 3.81. The molecule has 1 N–H and O–H groups in total. The van der Waals surface area contributed by atoms with Gasteiger partial charge in [-0.1, -0.05) is 35.3 Å². The molecular formula is C15H10Cl2N2O2. The van der Waals surface area contributed by atoms with Gasteiger partial charge in [0, 0.05) is 6.07 Å². The van der Waals surface area contributed by atoms with Gasteiger partial charge in [-0.15, -0.1) is 0 Å². The highest BCUT2D eigenvalue weighted by atomic mass is 35.5. The van der Waals surface area contributed by atoms with Gasteiger partial charge < -0.3 is 9.72 Å². The van der Waals surface area contributed by atoms with E-state index >= 15 is 0 Å². The molecule has 4 nitrogen and oxygen atoms in total. The van der Waals surface area contributed by atoms with Crippen molar-refractivity contribution in [3.05, 3.63) is 68.6 Å². The van der Waals surface area contributed by atoms with Crippen molar-refractivity contribution in [3.63, 3.8) is 0 Å². The lowest BCUT2D eigenvalue weighted by molar-refractivity contribution is 0.300. The fraction of sp³-hybridized carbons (Fsp3) is 0.0667. The van der Waals surface area contributed by atoms with Gasteiger partial charge >= 0.3 is 0 Å². The molecule has 0 saturated carbocycles. The molecule has 0 aliphatic rings. The van der Waals surface area contributed by atoms with E-state index in [0.29, 0.717) is 32.5 Å². The number of fused-ring (bicyclic) bond motifs is 1. The molecular weight excluding hydrogens is 311 g/mol. The van der Waals surface area contributed by atoms with Crippen LogP contribution < -0.4 is 10.3 Å². The minimum atomic E-state index is -0.270. The number of benzene rings is 2. The number of hydrogen-bond acceptors (Lipinski definition) is 3. The average Bonchev–Trinajstić information content (AvgIpc) is 2.48. The third kappa shape index (κ3) is 3.01. The van der Waals surface area contributed by atoms with Gasteiger partial charge in [-0.05, 0) is 24.3 Å². The van der Waals surface area contributed by atoms with Crippen LogP contribution in [0.15, 0.2) is 47.3 Å². The number of aromatic amines is 1. The van der Waals surface area contributed by atoms with Crippen molar-refractivity contribution >= 4 is 34.2 Å². The van der Waals surface area contributed by atoms with E-state index in [2.05, 4.69) is 9.97 Å². The Morgan fingerprint density at radius 1 is 1.10 bits per heavy atom. The zero-order valence-corrected chi connectivity index (χ0v) is 12.3. The second-order valence-electron chi connectivity index (χ2n) is 4.39. The Labute approximate surface area is 130 Å². The summed E-state index contributed by atoms with van der Waals surface area (Å²) in [4.78, 5) is 19.0. The summed E-state index contributed by atoms with van der Waals surface area (Å²) in [6, 6.07) is 12.2. The Bertz CT molecular complexity index is 862. The fourth-order valence-corrected chi connectivity index (χ4v) is 2.17. The molecule has 21 heavy (non-hydrogen) atoms. The standard InChI is InChI=1S/C15H10Cl2N2O2/c16-10-6-5-9(7-11(10)17)21-8-14-15(20)19-13-4-2-1-3-12(13)18-14/h1-7H,8H2,(H,19,20). The summed E-state index contributed by atoms with van der Waals surface area (Å²) in [5.41, 5.74) is 1.44. The van der Waals surface area contributed by atoms with Crippen LogP contribution in [0.4, 0.5) is 0 Å². The minimum Gasteiger partial charge on any atom is -0.487 e. The molecule has 106 valence electrons. The Morgan fingerprint density at radius 2 is 1.90 bits per heavy atom. The van der Waals surface area contributed by atoms with E-state index in [-0.39, 0.29) is 12.2 Å². The van der Waals surface area contributed by atoms with E-state index in [1.54, 1.807) is 24.3 Å².